The third kappa shape index (κ3) is 3.68. The molecule has 31 heavy (non-hydrogen) atoms. The molecule has 164 valence electrons. The predicted molar refractivity (Wildman–Crippen MR) is 116 cm³/mol. The van der Waals surface area contributed by atoms with E-state index in [4.69, 9.17) is 19.2 Å². The Morgan fingerprint density at radius 3 is 3.00 bits per heavy atom. The van der Waals surface area contributed by atoms with Gasteiger partial charge in [0.25, 0.3) is 0 Å². The number of anilines is 1. The first-order chi connectivity index (χ1) is 15.2. The molecule has 9 nitrogen and oxygen atoms in total. The number of fused-ring (bicyclic) bond motifs is 1. The minimum atomic E-state index is -0.395. The van der Waals surface area contributed by atoms with E-state index in [0.717, 1.165) is 37.4 Å². The summed E-state index contributed by atoms with van der Waals surface area (Å²) in [6.45, 7) is 4.77. The molecule has 5 rings (SSSR count). The number of hydrogen-bond acceptors (Lipinski definition) is 9. The average Bonchev–Trinajstić information content (AvgIpc) is 3.45. The summed E-state index contributed by atoms with van der Waals surface area (Å²) in [5.41, 5.74) is 2.71. The van der Waals surface area contributed by atoms with Gasteiger partial charge in [0, 0.05) is 19.3 Å². The van der Waals surface area contributed by atoms with Crippen molar-refractivity contribution in [1.82, 2.24) is 19.1 Å². The van der Waals surface area contributed by atoms with Crippen LogP contribution in [-0.2, 0) is 14.2 Å². The van der Waals surface area contributed by atoms with Crippen molar-refractivity contribution in [3.05, 3.63) is 23.9 Å². The van der Waals surface area contributed by atoms with Crippen LogP contribution in [0.5, 0.6) is 0 Å². The van der Waals surface area contributed by atoms with Crippen LogP contribution in [0.4, 0.5) is 5.82 Å². The summed E-state index contributed by atoms with van der Waals surface area (Å²) in [6, 6.07) is 3.88. The van der Waals surface area contributed by atoms with Crippen molar-refractivity contribution in [2.75, 3.05) is 38.4 Å². The number of carbonyl (C=O) groups excluding carboxylic acids is 1. The second-order valence-corrected chi connectivity index (χ2v) is 8.60. The topological polar surface area (TPSA) is 91.6 Å². The summed E-state index contributed by atoms with van der Waals surface area (Å²) in [5.74, 6) is 0.332. The van der Waals surface area contributed by atoms with Crippen molar-refractivity contribution in [3.63, 3.8) is 0 Å². The quantitative estimate of drug-likeness (QED) is 0.568. The molecule has 0 saturated carbocycles. The minimum absolute atomic E-state index is 0.113. The van der Waals surface area contributed by atoms with Gasteiger partial charge in [0.1, 0.15) is 17.0 Å². The lowest BCUT2D eigenvalue weighted by Gasteiger charge is -2.34. The van der Waals surface area contributed by atoms with Crippen molar-refractivity contribution in [1.29, 1.82) is 0 Å². The summed E-state index contributed by atoms with van der Waals surface area (Å²) in [5, 5.41) is 4.51. The molecule has 3 aromatic rings. The number of morpholine rings is 1. The first-order valence-corrected chi connectivity index (χ1v) is 11.3. The standard InChI is InChI=1S/C21H25N5O4S/c1-13-12-29-10-8-25(13)16-11-14(21(27)28-2)20-19(23-16)18(24-31-20)15-6-7-22-26(15)17-5-3-4-9-30-17/h6-7,11,13,17H,3-5,8-10,12H2,1-2H3/t13-,17?/m1/s1. The Morgan fingerprint density at radius 2 is 2.23 bits per heavy atom. The molecule has 0 bridgehead atoms. The number of carbonyl (C=O) groups is 1. The molecule has 2 aliphatic heterocycles. The van der Waals surface area contributed by atoms with Gasteiger partial charge in [-0.05, 0) is 49.9 Å². The maximum absolute atomic E-state index is 12.6. The summed E-state index contributed by atoms with van der Waals surface area (Å²) >= 11 is 1.26. The Balaban J connectivity index is 1.64. The van der Waals surface area contributed by atoms with Crippen molar-refractivity contribution in [3.8, 4) is 11.4 Å². The smallest absolute Gasteiger partial charge is 0.339 e. The molecule has 0 radical (unpaired) electrons. The molecule has 2 atom stereocenters. The third-order valence-corrected chi connectivity index (χ3v) is 6.69. The molecule has 0 aromatic carbocycles. The lowest BCUT2D eigenvalue weighted by molar-refractivity contribution is -0.0383. The molecule has 5 heterocycles. The van der Waals surface area contributed by atoms with Crippen molar-refractivity contribution >= 4 is 33.5 Å². The molecule has 2 fully saturated rings. The van der Waals surface area contributed by atoms with Crippen molar-refractivity contribution in [2.24, 2.45) is 0 Å². The zero-order valence-corrected chi connectivity index (χ0v) is 18.4. The second-order valence-electron chi connectivity index (χ2n) is 7.83. The number of hydrogen-bond donors (Lipinski definition) is 0. The van der Waals surface area contributed by atoms with E-state index in [2.05, 4.69) is 21.3 Å². The number of methoxy groups -OCH3 is 1. The summed E-state index contributed by atoms with van der Waals surface area (Å²) in [7, 11) is 1.39. The first-order valence-electron chi connectivity index (χ1n) is 10.6. The Hall–Kier alpha value is -2.56. The molecule has 0 aliphatic carbocycles. The van der Waals surface area contributed by atoms with Crippen LogP contribution >= 0.6 is 11.5 Å². The van der Waals surface area contributed by atoms with Gasteiger partial charge in [-0.2, -0.15) is 9.47 Å². The van der Waals surface area contributed by atoms with Crippen molar-refractivity contribution in [2.45, 2.75) is 38.5 Å². The van der Waals surface area contributed by atoms with E-state index in [1.54, 1.807) is 12.3 Å². The van der Waals surface area contributed by atoms with Gasteiger partial charge in [-0.3, -0.25) is 0 Å². The van der Waals surface area contributed by atoms with Crippen LogP contribution < -0.4 is 4.90 Å². The Morgan fingerprint density at radius 1 is 1.32 bits per heavy atom. The van der Waals surface area contributed by atoms with Crippen molar-refractivity contribution < 1.29 is 19.0 Å². The van der Waals surface area contributed by atoms with Gasteiger partial charge in [-0.15, -0.1) is 0 Å². The molecule has 10 heteroatoms. The fraction of sp³-hybridized carbons (Fsp3) is 0.524. The predicted octanol–water partition coefficient (Wildman–Crippen LogP) is 3.27. The van der Waals surface area contributed by atoms with E-state index in [-0.39, 0.29) is 12.3 Å². The molecular weight excluding hydrogens is 418 g/mol. The van der Waals surface area contributed by atoms with Gasteiger partial charge < -0.3 is 19.1 Å². The summed E-state index contributed by atoms with van der Waals surface area (Å²) in [6.07, 6.45) is 4.73. The van der Waals surface area contributed by atoms with E-state index in [0.29, 0.717) is 41.2 Å². The summed E-state index contributed by atoms with van der Waals surface area (Å²) in [4.78, 5) is 19.7. The monoisotopic (exact) mass is 443 g/mol. The first kappa shape index (κ1) is 20.3. The zero-order chi connectivity index (χ0) is 21.4. The Kier molecular flexibility index (Phi) is 5.59. The molecule has 0 spiro atoms. The van der Waals surface area contributed by atoms with Gasteiger partial charge in [0.2, 0.25) is 0 Å². The number of esters is 1. The Bertz CT molecular complexity index is 1090. The highest BCUT2D eigenvalue weighted by Gasteiger charge is 2.27. The van der Waals surface area contributed by atoms with E-state index in [1.165, 1.54) is 18.6 Å². The molecular formula is C21H25N5O4S. The van der Waals surface area contributed by atoms with Gasteiger partial charge in [0.05, 0.1) is 42.3 Å². The Labute approximate surface area is 184 Å². The molecule has 0 N–H and O–H groups in total. The zero-order valence-electron chi connectivity index (χ0n) is 17.6. The molecule has 2 aliphatic rings. The summed E-state index contributed by atoms with van der Waals surface area (Å²) < 4.78 is 23.9. The van der Waals surface area contributed by atoms with Crippen LogP contribution in [0.1, 0.15) is 42.8 Å². The normalized spacial score (nSPS) is 22.1. The van der Waals surface area contributed by atoms with Gasteiger partial charge in [-0.25, -0.2) is 14.5 Å². The SMILES string of the molecule is COC(=O)c1cc(N2CCOC[C@H]2C)nc2c(-c3ccnn3C3CCCCO3)nsc12. The van der Waals surface area contributed by atoms with Crippen LogP contribution in [0.3, 0.4) is 0 Å². The number of rotatable bonds is 4. The lowest BCUT2D eigenvalue weighted by Crippen LogP contribution is -2.44. The van der Waals surface area contributed by atoms with Crippen LogP contribution in [-0.4, -0.2) is 64.6 Å². The number of ether oxygens (including phenoxy) is 3. The number of aromatic nitrogens is 4. The molecule has 2 saturated heterocycles. The maximum atomic E-state index is 12.6. The van der Waals surface area contributed by atoms with Crippen LogP contribution in [0.25, 0.3) is 21.6 Å². The second kappa shape index (κ2) is 8.52. The van der Waals surface area contributed by atoms with Crippen LogP contribution in [0.2, 0.25) is 0 Å². The number of pyridine rings is 1. The third-order valence-electron chi connectivity index (χ3n) is 5.82. The van der Waals surface area contributed by atoms with E-state index < -0.39 is 5.97 Å². The van der Waals surface area contributed by atoms with E-state index in [1.807, 2.05) is 10.7 Å². The highest BCUT2D eigenvalue weighted by atomic mass is 32.1. The van der Waals surface area contributed by atoms with Gasteiger partial charge >= 0.3 is 5.97 Å². The number of nitrogens with zero attached hydrogens (tertiary/aromatic N) is 5. The minimum Gasteiger partial charge on any atom is -0.465 e. The molecule has 3 aromatic heterocycles. The molecule has 1 unspecified atom stereocenters. The van der Waals surface area contributed by atoms with Gasteiger partial charge in [-0.1, -0.05) is 0 Å². The largest absolute Gasteiger partial charge is 0.465 e. The highest BCUT2D eigenvalue weighted by molar-refractivity contribution is 7.14. The molecule has 0 amide bonds. The fourth-order valence-electron chi connectivity index (χ4n) is 4.20. The average molecular weight is 444 g/mol. The maximum Gasteiger partial charge on any atom is 0.339 e. The van der Waals surface area contributed by atoms with Gasteiger partial charge in [0.15, 0.2) is 6.23 Å². The van der Waals surface area contributed by atoms with Crippen LogP contribution in [0, 0.1) is 0 Å². The van der Waals surface area contributed by atoms with Crippen LogP contribution in [0.15, 0.2) is 18.3 Å². The lowest BCUT2D eigenvalue weighted by atomic mass is 10.1. The van der Waals surface area contributed by atoms with E-state index >= 15 is 0 Å². The highest BCUT2D eigenvalue weighted by Crippen LogP contribution is 2.36. The van der Waals surface area contributed by atoms with E-state index in [9.17, 15) is 4.79 Å². The fourth-order valence-corrected chi connectivity index (χ4v) is 5.03.